The summed E-state index contributed by atoms with van der Waals surface area (Å²) in [7, 11) is 1.60. The minimum absolute atomic E-state index is 0.0608. The van der Waals surface area contributed by atoms with E-state index >= 15 is 0 Å². The van der Waals surface area contributed by atoms with Gasteiger partial charge in [0, 0.05) is 28.4 Å². The second kappa shape index (κ2) is 11.9. The van der Waals surface area contributed by atoms with Crippen molar-refractivity contribution in [1.82, 2.24) is 5.32 Å². The molecule has 0 saturated carbocycles. The zero-order valence-corrected chi connectivity index (χ0v) is 21.3. The Morgan fingerprint density at radius 2 is 1.85 bits per heavy atom. The van der Waals surface area contributed by atoms with Crippen LogP contribution in [0.3, 0.4) is 0 Å². The van der Waals surface area contributed by atoms with Gasteiger partial charge in [0.15, 0.2) is 12.1 Å². The average Bonchev–Trinajstić information content (AvgIpc) is 2.83. The molecule has 8 heteroatoms. The smallest absolute Gasteiger partial charge is 0.249 e. The lowest BCUT2D eigenvalue weighted by Gasteiger charge is -2.41. The van der Waals surface area contributed by atoms with E-state index in [9.17, 15) is 14.7 Å². The van der Waals surface area contributed by atoms with Crippen molar-refractivity contribution in [2.24, 2.45) is 5.41 Å². The summed E-state index contributed by atoms with van der Waals surface area (Å²) < 4.78 is 18.1. The zero-order chi connectivity index (χ0) is 24.7. The molecule has 1 aliphatic rings. The van der Waals surface area contributed by atoms with Crippen molar-refractivity contribution < 1.29 is 28.9 Å². The van der Waals surface area contributed by atoms with Crippen LogP contribution in [-0.2, 0) is 25.6 Å². The van der Waals surface area contributed by atoms with Gasteiger partial charge in [-0.15, -0.1) is 0 Å². The Morgan fingerprint density at radius 1 is 1.18 bits per heavy atom. The Balaban J connectivity index is 1.47. The van der Waals surface area contributed by atoms with Crippen LogP contribution in [0.2, 0.25) is 0 Å². The number of ketones is 1. The van der Waals surface area contributed by atoms with Crippen molar-refractivity contribution in [3.05, 3.63) is 64.1 Å². The summed E-state index contributed by atoms with van der Waals surface area (Å²) in [5.41, 5.74) is 1.26. The fourth-order valence-electron chi connectivity index (χ4n) is 3.80. The van der Waals surface area contributed by atoms with E-state index in [-0.39, 0.29) is 18.6 Å². The quantitative estimate of drug-likeness (QED) is 0.472. The van der Waals surface area contributed by atoms with E-state index in [2.05, 4.69) is 21.2 Å². The minimum Gasteiger partial charge on any atom is -0.497 e. The van der Waals surface area contributed by atoms with Gasteiger partial charge >= 0.3 is 0 Å². The molecule has 3 rings (SSSR count). The number of carbonyl (C=O) groups is 2. The van der Waals surface area contributed by atoms with Crippen LogP contribution in [0.4, 0.5) is 0 Å². The summed E-state index contributed by atoms with van der Waals surface area (Å²) in [6, 6.07) is 14.9. The molecule has 1 heterocycles. The number of hydrogen-bond acceptors (Lipinski definition) is 6. The highest BCUT2D eigenvalue weighted by molar-refractivity contribution is 9.10. The molecule has 1 fully saturated rings. The molecular formula is C26H32BrNO6. The average molecular weight is 534 g/mol. The predicted molar refractivity (Wildman–Crippen MR) is 131 cm³/mol. The molecule has 2 aromatic carbocycles. The van der Waals surface area contributed by atoms with Crippen LogP contribution in [0.1, 0.15) is 50.5 Å². The summed E-state index contributed by atoms with van der Waals surface area (Å²) >= 11 is 3.37. The van der Waals surface area contributed by atoms with E-state index in [1.165, 1.54) is 0 Å². The van der Waals surface area contributed by atoms with Crippen molar-refractivity contribution in [3.8, 4) is 5.75 Å². The molecule has 2 N–H and O–H groups in total. The van der Waals surface area contributed by atoms with E-state index < -0.39 is 29.8 Å². The van der Waals surface area contributed by atoms with Gasteiger partial charge < -0.3 is 24.6 Å². The Kier molecular flexibility index (Phi) is 9.24. The monoisotopic (exact) mass is 533 g/mol. The topological polar surface area (TPSA) is 94.1 Å². The van der Waals surface area contributed by atoms with Gasteiger partial charge in [-0.3, -0.25) is 9.59 Å². The van der Waals surface area contributed by atoms with Gasteiger partial charge in [0.1, 0.15) is 18.0 Å². The summed E-state index contributed by atoms with van der Waals surface area (Å²) in [5, 5.41) is 12.9. The summed E-state index contributed by atoms with van der Waals surface area (Å²) in [6.07, 6.45) is -1.65. The number of Topliss-reactive ketones (excluding diaryl/α,β-unsaturated/α-hetero) is 1. The first kappa shape index (κ1) is 26.3. The molecular weight excluding hydrogens is 502 g/mol. The zero-order valence-electron chi connectivity index (χ0n) is 19.8. The second-order valence-corrected chi connectivity index (χ2v) is 10.1. The van der Waals surface area contributed by atoms with Crippen LogP contribution in [0, 0.1) is 5.41 Å². The molecule has 0 bridgehead atoms. The number of aliphatic hydroxyl groups excluding tert-OH is 1. The summed E-state index contributed by atoms with van der Waals surface area (Å²) in [4.78, 5) is 25.2. The third-order valence-corrected chi connectivity index (χ3v) is 6.37. The standard InChI is InChI=1S/C26H32BrNO6/c1-26(2)16-33-25(18-9-13-20(32-3)14-10-18)34-23(26)21(29)5-4-6-22(30)24(31)28-15-17-7-11-19(27)12-8-17/h7-14,22-23,25,30H,4-6,15-16H2,1-3H3,(H,28,31)/t22?,23-,25?/m0/s1. The minimum atomic E-state index is -1.17. The lowest BCUT2D eigenvalue weighted by atomic mass is 9.82. The lowest BCUT2D eigenvalue weighted by molar-refractivity contribution is -0.257. The van der Waals surface area contributed by atoms with Crippen molar-refractivity contribution in [3.63, 3.8) is 0 Å². The second-order valence-electron chi connectivity index (χ2n) is 9.14. The third kappa shape index (κ3) is 7.12. The molecule has 1 amide bonds. The number of amides is 1. The van der Waals surface area contributed by atoms with E-state index in [1.54, 1.807) is 7.11 Å². The highest BCUT2D eigenvalue weighted by Crippen LogP contribution is 2.37. The molecule has 1 saturated heterocycles. The molecule has 2 unspecified atom stereocenters. The Hall–Kier alpha value is -2.26. The van der Waals surface area contributed by atoms with Gasteiger partial charge in [0.2, 0.25) is 5.91 Å². The van der Waals surface area contributed by atoms with Gasteiger partial charge in [-0.2, -0.15) is 0 Å². The van der Waals surface area contributed by atoms with E-state index in [4.69, 9.17) is 14.2 Å². The molecule has 0 spiro atoms. The molecule has 3 atom stereocenters. The molecule has 0 radical (unpaired) electrons. The largest absolute Gasteiger partial charge is 0.497 e. The number of aliphatic hydroxyl groups is 1. The van der Waals surface area contributed by atoms with Gasteiger partial charge in [0.25, 0.3) is 0 Å². The van der Waals surface area contributed by atoms with E-state index in [0.29, 0.717) is 19.6 Å². The van der Waals surface area contributed by atoms with Crippen molar-refractivity contribution in [2.45, 2.75) is 58.2 Å². The molecule has 184 valence electrons. The van der Waals surface area contributed by atoms with Crippen molar-refractivity contribution in [1.29, 1.82) is 0 Å². The van der Waals surface area contributed by atoms with Gasteiger partial charge in [-0.25, -0.2) is 0 Å². The predicted octanol–water partition coefficient (Wildman–Crippen LogP) is 4.31. The summed E-state index contributed by atoms with van der Waals surface area (Å²) in [6.45, 7) is 4.58. The van der Waals surface area contributed by atoms with Gasteiger partial charge in [-0.05, 0) is 42.7 Å². The Bertz CT molecular complexity index is 960. The number of benzene rings is 2. The van der Waals surface area contributed by atoms with Crippen LogP contribution in [0.5, 0.6) is 5.75 Å². The number of carbonyl (C=O) groups excluding carboxylic acids is 2. The van der Waals surface area contributed by atoms with Crippen LogP contribution in [-0.4, -0.2) is 42.7 Å². The van der Waals surface area contributed by atoms with E-state index in [0.717, 1.165) is 21.3 Å². The van der Waals surface area contributed by atoms with Crippen molar-refractivity contribution in [2.75, 3.05) is 13.7 Å². The molecule has 0 aliphatic carbocycles. The SMILES string of the molecule is COc1ccc(C2OCC(C)(C)[C@H](C(=O)CCCC(O)C(=O)NCc3ccc(Br)cc3)O2)cc1. The van der Waals surface area contributed by atoms with Crippen LogP contribution >= 0.6 is 15.9 Å². The maximum atomic E-state index is 13.0. The summed E-state index contributed by atoms with van der Waals surface area (Å²) in [5.74, 6) is 0.221. The lowest BCUT2D eigenvalue weighted by Crippen LogP contribution is -2.47. The maximum absolute atomic E-state index is 13.0. The first-order chi connectivity index (χ1) is 16.2. The third-order valence-electron chi connectivity index (χ3n) is 5.84. The van der Waals surface area contributed by atoms with Crippen LogP contribution < -0.4 is 10.1 Å². The number of methoxy groups -OCH3 is 1. The molecule has 0 aromatic heterocycles. The van der Waals surface area contributed by atoms with E-state index in [1.807, 2.05) is 62.4 Å². The first-order valence-corrected chi connectivity index (χ1v) is 12.1. The molecule has 1 aliphatic heterocycles. The fourth-order valence-corrected chi connectivity index (χ4v) is 4.07. The highest BCUT2D eigenvalue weighted by atomic mass is 79.9. The number of rotatable bonds is 10. The van der Waals surface area contributed by atoms with Crippen molar-refractivity contribution >= 4 is 27.6 Å². The Labute approximate surface area is 208 Å². The maximum Gasteiger partial charge on any atom is 0.249 e. The fraction of sp³-hybridized carbons (Fsp3) is 0.462. The number of halogens is 1. The Morgan fingerprint density at radius 3 is 2.50 bits per heavy atom. The molecule has 2 aromatic rings. The highest BCUT2D eigenvalue weighted by Gasteiger charge is 2.42. The van der Waals surface area contributed by atoms with Crippen LogP contribution in [0.25, 0.3) is 0 Å². The van der Waals surface area contributed by atoms with Gasteiger partial charge in [0.05, 0.1) is 13.7 Å². The number of ether oxygens (including phenoxy) is 3. The molecule has 34 heavy (non-hydrogen) atoms. The number of nitrogens with one attached hydrogen (secondary N) is 1. The van der Waals surface area contributed by atoms with Crippen LogP contribution in [0.15, 0.2) is 53.0 Å². The number of hydrogen-bond donors (Lipinski definition) is 2. The first-order valence-electron chi connectivity index (χ1n) is 11.3. The molecule has 7 nitrogen and oxygen atoms in total. The van der Waals surface area contributed by atoms with Gasteiger partial charge in [-0.1, -0.05) is 54.0 Å². The normalized spacial score (nSPS) is 20.4.